The average molecular weight is 360 g/mol. The van der Waals surface area contributed by atoms with Gasteiger partial charge in [0.15, 0.2) is 6.10 Å². The van der Waals surface area contributed by atoms with Gasteiger partial charge in [0.05, 0.1) is 0 Å². The van der Waals surface area contributed by atoms with E-state index in [0.717, 1.165) is 21.8 Å². The van der Waals surface area contributed by atoms with Gasteiger partial charge in [0.2, 0.25) is 0 Å². The van der Waals surface area contributed by atoms with Gasteiger partial charge in [-0.1, -0.05) is 12.1 Å². The smallest absolute Gasteiger partial charge is 0.349 e. The zero-order chi connectivity index (χ0) is 18.0. The number of carbonyl (C=O) groups is 3. The number of fused-ring (bicyclic) bond motifs is 3. The molecule has 130 valence electrons. The number of ether oxygens (including phenoxy) is 2. The molecule has 0 unspecified atom stereocenters. The van der Waals surface area contributed by atoms with Crippen LogP contribution in [0.15, 0.2) is 30.3 Å². The summed E-state index contributed by atoms with van der Waals surface area (Å²) in [5, 5.41) is 4.32. The highest BCUT2D eigenvalue weighted by Gasteiger charge is 2.25. The third-order valence-electron chi connectivity index (χ3n) is 3.64. The maximum Gasteiger partial charge on any atom is 0.349 e. The lowest BCUT2D eigenvalue weighted by molar-refractivity contribution is -0.127. The number of amides is 3. The van der Waals surface area contributed by atoms with Crippen molar-refractivity contribution in [3.8, 4) is 16.2 Å². The lowest BCUT2D eigenvalue weighted by Crippen LogP contribution is -2.43. The molecule has 2 heterocycles. The molecule has 1 aromatic heterocycles. The van der Waals surface area contributed by atoms with E-state index in [2.05, 4.69) is 10.6 Å². The summed E-state index contributed by atoms with van der Waals surface area (Å²) in [5.74, 6) is -0.533. The summed E-state index contributed by atoms with van der Waals surface area (Å²) in [6, 6.07) is 8.65. The number of para-hydroxylation sites is 1. The molecule has 0 radical (unpaired) electrons. The molecule has 0 saturated heterocycles. The molecule has 0 fully saturated rings. The molecule has 0 spiro atoms. The Labute approximate surface area is 147 Å². The van der Waals surface area contributed by atoms with Gasteiger partial charge in [-0.3, -0.25) is 10.1 Å². The molecule has 1 aromatic carbocycles. The van der Waals surface area contributed by atoms with Crippen LogP contribution in [0, 0.1) is 0 Å². The minimum atomic E-state index is -1.09. The van der Waals surface area contributed by atoms with Gasteiger partial charge in [-0.05, 0) is 25.1 Å². The topological polar surface area (TPSA) is 93.7 Å². The van der Waals surface area contributed by atoms with E-state index in [9.17, 15) is 14.4 Å². The van der Waals surface area contributed by atoms with E-state index < -0.39 is 24.0 Å². The summed E-state index contributed by atoms with van der Waals surface area (Å²) in [6.45, 7) is 1.78. The Morgan fingerprint density at radius 1 is 1.28 bits per heavy atom. The zero-order valence-electron chi connectivity index (χ0n) is 13.6. The summed E-state index contributed by atoms with van der Waals surface area (Å²) < 4.78 is 10.8. The predicted molar refractivity (Wildman–Crippen MR) is 91.6 cm³/mol. The van der Waals surface area contributed by atoms with Crippen LogP contribution in [0.25, 0.3) is 10.4 Å². The van der Waals surface area contributed by atoms with E-state index >= 15 is 0 Å². The summed E-state index contributed by atoms with van der Waals surface area (Å²) in [5.41, 5.74) is 1.83. The molecule has 25 heavy (non-hydrogen) atoms. The molecular weight excluding hydrogens is 344 g/mol. The van der Waals surface area contributed by atoms with Crippen molar-refractivity contribution < 1.29 is 23.9 Å². The molecule has 8 heteroatoms. The number of urea groups is 1. The van der Waals surface area contributed by atoms with E-state index in [1.165, 1.54) is 25.3 Å². The van der Waals surface area contributed by atoms with Gasteiger partial charge in [0.1, 0.15) is 17.2 Å². The Kier molecular flexibility index (Phi) is 4.71. The third-order valence-corrected chi connectivity index (χ3v) is 4.83. The highest BCUT2D eigenvalue weighted by Crippen LogP contribution is 2.42. The number of carbonyl (C=O) groups excluding carboxylic acids is 3. The average Bonchev–Trinajstić information content (AvgIpc) is 3.06. The van der Waals surface area contributed by atoms with Crippen molar-refractivity contribution >= 4 is 29.2 Å². The summed E-state index contributed by atoms with van der Waals surface area (Å²) in [4.78, 5) is 36.6. The second-order valence-corrected chi connectivity index (χ2v) is 6.42. The Bertz CT molecular complexity index is 845. The fourth-order valence-corrected chi connectivity index (χ4v) is 3.43. The molecular formula is C17H16N2O5S. The first-order chi connectivity index (χ1) is 12.0. The van der Waals surface area contributed by atoms with E-state index in [1.807, 2.05) is 24.3 Å². The van der Waals surface area contributed by atoms with Crippen LogP contribution in [-0.4, -0.2) is 31.1 Å². The molecule has 7 nitrogen and oxygen atoms in total. The lowest BCUT2D eigenvalue weighted by Gasteiger charge is -2.16. The maximum atomic E-state index is 12.3. The first-order valence-electron chi connectivity index (χ1n) is 7.58. The molecule has 0 saturated carbocycles. The number of thiophene rings is 1. The van der Waals surface area contributed by atoms with Crippen molar-refractivity contribution in [3.05, 3.63) is 40.8 Å². The fraction of sp³-hybridized carbons (Fsp3) is 0.235. The number of esters is 1. The number of hydrogen-bond donors (Lipinski definition) is 2. The highest BCUT2D eigenvalue weighted by atomic mass is 32.1. The molecule has 3 rings (SSSR count). The van der Waals surface area contributed by atoms with Crippen molar-refractivity contribution in [1.82, 2.24) is 10.6 Å². The van der Waals surface area contributed by atoms with Crippen molar-refractivity contribution in [2.24, 2.45) is 0 Å². The lowest BCUT2D eigenvalue weighted by atomic mass is 10.1. The van der Waals surface area contributed by atoms with Crippen LogP contribution >= 0.6 is 11.3 Å². The number of rotatable bonds is 3. The number of benzene rings is 1. The van der Waals surface area contributed by atoms with Crippen molar-refractivity contribution in [1.29, 1.82) is 0 Å². The Morgan fingerprint density at radius 3 is 2.80 bits per heavy atom. The van der Waals surface area contributed by atoms with Crippen LogP contribution < -0.4 is 15.4 Å². The van der Waals surface area contributed by atoms with Crippen LogP contribution in [0.3, 0.4) is 0 Å². The normalized spacial score (nSPS) is 12.9. The third kappa shape index (κ3) is 3.48. The second kappa shape index (κ2) is 6.94. The van der Waals surface area contributed by atoms with E-state index in [0.29, 0.717) is 11.5 Å². The van der Waals surface area contributed by atoms with Crippen LogP contribution in [-0.2, 0) is 16.1 Å². The van der Waals surface area contributed by atoms with E-state index in [4.69, 9.17) is 9.47 Å². The molecule has 1 aliphatic rings. The molecule has 3 amide bonds. The fourth-order valence-electron chi connectivity index (χ4n) is 2.35. The summed E-state index contributed by atoms with van der Waals surface area (Å²) in [6.07, 6.45) is -1.09. The van der Waals surface area contributed by atoms with Crippen LogP contribution in [0.5, 0.6) is 5.75 Å². The second-order valence-electron chi connectivity index (χ2n) is 5.37. The SMILES string of the molecule is CNC(=O)NC(=O)[C@H](C)OC(=O)c1cc2c(s1)-c1ccccc1OC2. The number of hydrogen-bond acceptors (Lipinski definition) is 6. The standard InChI is InChI=1S/C17H16N2O5S/c1-9(15(20)19-17(22)18-2)24-16(21)13-7-10-8-23-12-6-4-3-5-11(12)14(10)25-13/h3-7,9H,8H2,1-2H3,(H2,18,19,20,22)/t9-/m0/s1. The Balaban J connectivity index is 1.74. The maximum absolute atomic E-state index is 12.3. The van der Waals surface area contributed by atoms with Crippen LogP contribution in [0.1, 0.15) is 22.2 Å². The van der Waals surface area contributed by atoms with Gasteiger partial charge in [0.25, 0.3) is 5.91 Å². The molecule has 1 aliphatic heterocycles. The van der Waals surface area contributed by atoms with Gasteiger partial charge in [0, 0.05) is 23.1 Å². The molecule has 2 aromatic rings. The Morgan fingerprint density at radius 2 is 2.04 bits per heavy atom. The van der Waals surface area contributed by atoms with Crippen LogP contribution in [0.2, 0.25) is 0 Å². The van der Waals surface area contributed by atoms with Crippen molar-refractivity contribution in [3.63, 3.8) is 0 Å². The monoisotopic (exact) mass is 360 g/mol. The van der Waals surface area contributed by atoms with E-state index in [-0.39, 0.29) is 0 Å². The van der Waals surface area contributed by atoms with Gasteiger partial charge in [-0.2, -0.15) is 0 Å². The molecule has 0 aliphatic carbocycles. The van der Waals surface area contributed by atoms with Crippen molar-refractivity contribution in [2.45, 2.75) is 19.6 Å². The number of nitrogens with one attached hydrogen (secondary N) is 2. The Hall–Kier alpha value is -2.87. The predicted octanol–water partition coefficient (Wildman–Crippen LogP) is 2.31. The van der Waals surface area contributed by atoms with Crippen molar-refractivity contribution in [2.75, 3.05) is 7.05 Å². The zero-order valence-corrected chi connectivity index (χ0v) is 14.4. The summed E-state index contributed by atoms with van der Waals surface area (Å²) in [7, 11) is 1.38. The van der Waals surface area contributed by atoms with Gasteiger partial charge < -0.3 is 14.8 Å². The largest absolute Gasteiger partial charge is 0.488 e. The number of imide groups is 1. The first kappa shape index (κ1) is 17.0. The van der Waals surface area contributed by atoms with Gasteiger partial charge >= 0.3 is 12.0 Å². The van der Waals surface area contributed by atoms with Crippen LogP contribution in [0.4, 0.5) is 4.79 Å². The minimum absolute atomic E-state index is 0.378. The van der Waals surface area contributed by atoms with E-state index in [1.54, 1.807) is 6.07 Å². The minimum Gasteiger partial charge on any atom is -0.488 e. The molecule has 0 bridgehead atoms. The quantitative estimate of drug-likeness (QED) is 0.819. The first-order valence-corrected chi connectivity index (χ1v) is 8.39. The van der Waals surface area contributed by atoms with Gasteiger partial charge in [-0.25, -0.2) is 9.59 Å². The summed E-state index contributed by atoms with van der Waals surface area (Å²) >= 11 is 1.29. The van der Waals surface area contributed by atoms with Gasteiger partial charge in [-0.15, -0.1) is 11.3 Å². The highest BCUT2D eigenvalue weighted by molar-refractivity contribution is 7.17. The molecule has 2 N–H and O–H groups in total. The molecule has 1 atom stereocenters.